The predicted octanol–water partition coefficient (Wildman–Crippen LogP) is -2.78. The Kier molecular flexibility index (Phi) is 6.57. The molecule has 0 bridgehead atoms. The topological polar surface area (TPSA) is 182 Å². The largest absolute Gasteiger partial charge is 0.481 e. The Labute approximate surface area is 101 Å². The Balaban J connectivity index is 4.36. The summed E-state index contributed by atoms with van der Waals surface area (Å²) in [6, 6.07) is 0. The molecule has 0 aliphatic rings. The summed E-state index contributed by atoms with van der Waals surface area (Å²) in [5, 5.41) is 35.8. The van der Waals surface area contributed by atoms with Gasteiger partial charge in [-0.25, -0.2) is 4.57 Å². The number of hydrogen-bond donors (Lipinski definition) is 6. The summed E-state index contributed by atoms with van der Waals surface area (Å²) in [6.07, 6.45) is -7.14. The van der Waals surface area contributed by atoms with E-state index in [1.165, 1.54) is 0 Å². The highest BCUT2D eigenvalue weighted by atomic mass is 31.2. The van der Waals surface area contributed by atoms with Crippen LogP contribution in [0.25, 0.3) is 0 Å². The number of ketones is 1. The lowest BCUT2D eigenvalue weighted by Crippen LogP contribution is -2.44. The Morgan fingerprint density at radius 3 is 2.06 bits per heavy atom. The second kappa shape index (κ2) is 6.90. The molecule has 0 fully saturated rings. The number of rotatable bonds is 8. The molecule has 0 spiro atoms. The minimum atomic E-state index is -4.91. The molecule has 0 aliphatic heterocycles. The molecular weight excluding hydrogens is 275 g/mol. The Bertz CT molecular complexity index is 348. The lowest BCUT2D eigenvalue weighted by Gasteiger charge is -2.20. The van der Waals surface area contributed by atoms with Gasteiger partial charge in [0.15, 0.2) is 5.78 Å². The van der Waals surface area contributed by atoms with Crippen molar-refractivity contribution in [2.24, 2.45) is 0 Å². The third-order valence-corrected chi connectivity index (χ3v) is 2.27. The number of carbonyl (C=O) groups excluding carboxylic acids is 1. The van der Waals surface area contributed by atoms with Crippen molar-refractivity contribution in [2.45, 2.75) is 24.7 Å². The second-order valence-corrected chi connectivity index (χ2v) is 4.57. The molecular formula is C7H13O10P. The summed E-state index contributed by atoms with van der Waals surface area (Å²) in [5.41, 5.74) is 0. The summed E-state index contributed by atoms with van der Waals surface area (Å²) in [5.74, 6) is -2.78. The third kappa shape index (κ3) is 6.77. The number of carboxylic acid groups (broad SMARTS) is 1. The van der Waals surface area contributed by atoms with Gasteiger partial charge in [0, 0.05) is 0 Å². The van der Waals surface area contributed by atoms with E-state index in [-0.39, 0.29) is 0 Å². The molecule has 0 saturated carbocycles. The summed E-state index contributed by atoms with van der Waals surface area (Å²) in [7, 11) is -4.91. The average Bonchev–Trinajstić information content (AvgIpc) is 2.21. The van der Waals surface area contributed by atoms with E-state index in [9.17, 15) is 24.4 Å². The van der Waals surface area contributed by atoms with Crippen molar-refractivity contribution in [3.8, 4) is 0 Å². The Morgan fingerprint density at radius 2 is 1.67 bits per heavy atom. The van der Waals surface area contributed by atoms with Crippen molar-refractivity contribution in [3.63, 3.8) is 0 Å². The van der Waals surface area contributed by atoms with E-state index >= 15 is 0 Å². The van der Waals surface area contributed by atoms with Crippen molar-refractivity contribution in [1.29, 1.82) is 0 Å². The van der Waals surface area contributed by atoms with Crippen molar-refractivity contribution in [2.75, 3.05) is 6.61 Å². The van der Waals surface area contributed by atoms with E-state index in [1.54, 1.807) is 0 Å². The van der Waals surface area contributed by atoms with Gasteiger partial charge in [-0.1, -0.05) is 0 Å². The van der Waals surface area contributed by atoms with Crippen molar-refractivity contribution in [3.05, 3.63) is 0 Å². The van der Waals surface area contributed by atoms with E-state index < -0.39 is 50.9 Å². The van der Waals surface area contributed by atoms with Gasteiger partial charge in [0.2, 0.25) is 0 Å². The summed E-state index contributed by atoms with van der Waals surface area (Å²) < 4.78 is 14.0. The smallest absolute Gasteiger partial charge is 0.470 e. The molecule has 0 saturated heterocycles. The number of carbonyl (C=O) groups is 2. The molecule has 0 rings (SSSR count). The minimum absolute atomic E-state index is 0.912. The first-order valence-corrected chi connectivity index (χ1v) is 6.06. The summed E-state index contributed by atoms with van der Waals surface area (Å²) in [4.78, 5) is 37.8. The van der Waals surface area contributed by atoms with Crippen LogP contribution < -0.4 is 0 Å². The fraction of sp³-hybridized carbons (Fsp3) is 0.714. The number of Topliss-reactive ketones (excluding diaryl/α,β-unsaturated/α-hetero) is 1. The van der Waals surface area contributed by atoms with Crippen molar-refractivity contribution in [1.82, 2.24) is 0 Å². The number of aliphatic hydroxyl groups excluding tert-OH is 3. The number of hydrogen-bond acceptors (Lipinski definition) is 7. The molecule has 0 unspecified atom stereocenters. The maximum Gasteiger partial charge on any atom is 0.470 e. The van der Waals surface area contributed by atoms with Crippen LogP contribution >= 0.6 is 7.82 Å². The zero-order valence-corrected chi connectivity index (χ0v) is 9.80. The Morgan fingerprint density at radius 1 is 1.17 bits per heavy atom. The van der Waals surface area contributed by atoms with Gasteiger partial charge in [0.25, 0.3) is 0 Å². The van der Waals surface area contributed by atoms with Crippen molar-refractivity contribution >= 4 is 19.6 Å². The molecule has 0 aromatic heterocycles. The van der Waals surface area contributed by atoms with Gasteiger partial charge in [-0.05, 0) is 0 Å². The second-order valence-electron chi connectivity index (χ2n) is 3.33. The standard InChI is InChI=1S/C7H13O10P/c8-3(1-5(10)11)6(12)7(13)4(9)2-17-18(14,15)16/h3,6-8,12-13H,1-2H2,(H,10,11)(H2,14,15,16)/t3-,6-,7-/m0/s1. The van der Waals surface area contributed by atoms with E-state index in [0.717, 1.165) is 0 Å². The number of aliphatic carboxylic acids is 1. The zero-order chi connectivity index (χ0) is 14.5. The highest BCUT2D eigenvalue weighted by Crippen LogP contribution is 2.35. The summed E-state index contributed by atoms with van der Waals surface area (Å²) in [6.45, 7) is -1.19. The lowest BCUT2D eigenvalue weighted by molar-refractivity contribution is -0.149. The van der Waals surface area contributed by atoms with Gasteiger partial charge in [-0.2, -0.15) is 0 Å². The SMILES string of the molecule is O=C(O)C[C@H](O)[C@H](O)[C@@H](O)C(=O)COP(=O)(O)O. The molecule has 11 heteroatoms. The number of phosphoric ester groups is 1. The van der Waals surface area contributed by atoms with Gasteiger partial charge in [-0.3, -0.25) is 14.1 Å². The Hall–Kier alpha value is -0.870. The molecule has 10 nitrogen and oxygen atoms in total. The van der Waals surface area contributed by atoms with E-state index in [1.807, 2.05) is 0 Å². The van der Waals surface area contributed by atoms with Gasteiger partial charge in [0.05, 0.1) is 12.5 Å². The monoisotopic (exact) mass is 288 g/mol. The molecule has 106 valence electrons. The maximum absolute atomic E-state index is 11.1. The quantitative estimate of drug-likeness (QED) is 0.255. The van der Waals surface area contributed by atoms with Gasteiger partial charge in [-0.15, -0.1) is 0 Å². The van der Waals surface area contributed by atoms with Crippen LogP contribution in [0, 0.1) is 0 Å². The normalized spacial score (nSPS) is 16.9. The van der Waals surface area contributed by atoms with Crippen LogP contribution in [0.15, 0.2) is 0 Å². The van der Waals surface area contributed by atoms with Crippen LogP contribution in [0.3, 0.4) is 0 Å². The van der Waals surface area contributed by atoms with Crippen LogP contribution in [0.2, 0.25) is 0 Å². The van der Waals surface area contributed by atoms with E-state index in [4.69, 9.17) is 20.0 Å². The maximum atomic E-state index is 11.1. The van der Waals surface area contributed by atoms with Gasteiger partial charge < -0.3 is 30.2 Å². The third-order valence-electron chi connectivity index (χ3n) is 1.81. The number of carboxylic acids is 1. The molecule has 0 aliphatic carbocycles. The molecule has 0 heterocycles. The van der Waals surface area contributed by atoms with Crippen LogP contribution in [0.5, 0.6) is 0 Å². The fourth-order valence-corrected chi connectivity index (χ4v) is 1.23. The zero-order valence-electron chi connectivity index (χ0n) is 8.91. The first kappa shape index (κ1) is 17.1. The molecule has 0 radical (unpaired) electrons. The first-order valence-electron chi connectivity index (χ1n) is 4.53. The van der Waals surface area contributed by atoms with Crippen LogP contribution in [-0.4, -0.2) is 66.9 Å². The molecule has 0 amide bonds. The molecule has 0 aromatic rings. The highest BCUT2D eigenvalue weighted by Gasteiger charge is 2.32. The first-order chi connectivity index (χ1) is 8.04. The van der Waals surface area contributed by atoms with E-state index in [0.29, 0.717) is 0 Å². The van der Waals surface area contributed by atoms with E-state index in [2.05, 4.69) is 4.52 Å². The molecule has 18 heavy (non-hydrogen) atoms. The molecule has 3 atom stereocenters. The number of phosphoric acid groups is 1. The van der Waals surface area contributed by atoms with Crippen LogP contribution in [0.4, 0.5) is 0 Å². The predicted molar refractivity (Wildman–Crippen MR) is 53.3 cm³/mol. The highest BCUT2D eigenvalue weighted by molar-refractivity contribution is 7.46. The minimum Gasteiger partial charge on any atom is -0.481 e. The molecule has 6 N–H and O–H groups in total. The van der Waals surface area contributed by atoms with Crippen LogP contribution in [0.1, 0.15) is 6.42 Å². The molecule has 0 aromatic carbocycles. The number of aliphatic hydroxyl groups is 3. The average molecular weight is 288 g/mol. The summed E-state index contributed by atoms with van der Waals surface area (Å²) >= 11 is 0. The van der Waals surface area contributed by atoms with Crippen LogP contribution in [-0.2, 0) is 18.7 Å². The fourth-order valence-electron chi connectivity index (χ4n) is 0.934. The van der Waals surface area contributed by atoms with Gasteiger partial charge >= 0.3 is 13.8 Å². The van der Waals surface area contributed by atoms with Crippen molar-refractivity contribution < 1.29 is 48.9 Å². The lowest BCUT2D eigenvalue weighted by atomic mass is 10.0. The van der Waals surface area contributed by atoms with Gasteiger partial charge in [0.1, 0.15) is 18.8 Å².